The molecular formula is C57H35N5S. The van der Waals surface area contributed by atoms with Crippen LogP contribution in [0, 0.1) is 0 Å². The highest BCUT2D eigenvalue weighted by Crippen LogP contribution is 2.47. The molecule has 0 unspecified atom stereocenters. The van der Waals surface area contributed by atoms with Crippen LogP contribution in [0.25, 0.3) is 120 Å². The van der Waals surface area contributed by atoms with Crippen molar-refractivity contribution < 1.29 is 0 Å². The van der Waals surface area contributed by atoms with E-state index in [0.717, 1.165) is 38.3 Å². The summed E-state index contributed by atoms with van der Waals surface area (Å²) in [5.74, 6) is 1.96. The lowest BCUT2D eigenvalue weighted by molar-refractivity contribution is 1.08. The van der Waals surface area contributed by atoms with Gasteiger partial charge in [-0.25, -0.2) is 15.0 Å². The molecule has 4 aromatic heterocycles. The summed E-state index contributed by atoms with van der Waals surface area (Å²) in [6.07, 6.45) is 0. The van der Waals surface area contributed by atoms with Gasteiger partial charge >= 0.3 is 0 Å². The summed E-state index contributed by atoms with van der Waals surface area (Å²) in [6.45, 7) is 0. The van der Waals surface area contributed by atoms with E-state index < -0.39 is 0 Å². The second-order valence-electron chi connectivity index (χ2n) is 16.0. The first-order valence-electron chi connectivity index (χ1n) is 21.2. The van der Waals surface area contributed by atoms with Crippen LogP contribution in [0.1, 0.15) is 0 Å². The molecule has 0 bridgehead atoms. The smallest absolute Gasteiger partial charge is 0.165 e. The van der Waals surface area contributed by atoms with Gasteiger partial charge in [-0.15, -0.1) is 11.3 Å². The molecular weight excluding hydrogens is 787 g/mol. The molecule has 13 rings (SSSR count). The third kappa shape index (κ3) is 5.59. The molecule has 0 aliphatic heterocycles. The van der Waals surface area contributed by atoms with Crippen LogP contribution in [0.4, 0.5) is 0 Å². The van der Waals surface area contributed by atoms with Crippen LogP contribution < -0.4 is 0 Å². The van der Waals surface area contributed by atoms with Crippen LogP contribution in [0.15, 0.2) is 212 Å². The van der Waals surface area contributed by atoms with E-state index in [2.05, 4.69) is 185 Å². The Kier molecular flexibility index (Phi) is 8.01. The fourth-order valence-corrected chi connectivity index (χ4v) is 10.9. The molecule has 5 nitrogen and oxygen atoms in total. The Hall–Kier alpha value is -8.19. The molecule has 0 saturated heterocycles. The highest BCUT2D eigenvalue weighted by molar-refractivity contribution is 7.27. The van der Waals surface area contributed by atoms with Crippen LogP contribution in [0.3, 0.4) is 0 Å². The summed E-state index contributed by atoms with van der Waals surface area (Å²) in [4.78, 5) is 15.3. The number of para-hydroxylation sites is 3. The molecule has 63 heavy (non-hydrogen) atoms. The zero-order chi connectivity index (χ0) is 41.4. The maximum absolute atomic E-state index is 5.17. The Morgan fingerprint density at radius 1 is 0.317 bits per heavy atom. The van der Waals surface area contributed by atoms with Crippen molar-refractivity contribution in [3.63, 3.8) is 0 Å². The minimum atomic E-state index is 0.651. The van der Waals surface area contributed by atoms with E-state index in [9.17, 15) is 0 Å². The fourth-order valence-electron chi connectivity index (χ4n) is 9.55. The summed E-state index contributed by atoms with van der Waals surface area (Å²) in [5, 5.41) is 7.26. The first kappa shape index (κ1) is 35.6. The van der Waals surface area contributed by atoms with E-state index in [1.54, 1.807) is 0 Å². The monoisotopic (exact) mass is 821 g/mol. The maximum Gasteiger partial charge on any atom is 0.165 e. The Balaban J connectivity index is 1.10. The summed E-state index contributed by atoms with van der Waals surface area (Å²) in [7, 11) is 0. The molecule has 0 atom stereocenters. The van der Waals surface area contributed by atoms with Crippen LogP contribution in [0.2, 0.25) is 0 Å². The van der Waals surface area contributed by atoms with Crippen molar-refractivity contribution in [2.24, 2.45) is 0 Å². The number of hydrogen-bond donors (Lipinski definition) is 0. The molecule has 0 N–H and O–H groups in total. The average Bonchev–Trinajstić information content (AvgIpc) is 4.03. The van der Waals surface area contributed by atoms with E-state index in [4.69, 9.17) is 15.0 Å². The van der Waals surface area contributed by atoms with Gasteiger partial charge in [-0.3, -0.25) is 0 Å². The fraction of sp³-hybridized carbons (Fsp3) is 0. The minimum absolute atomic E-state index is 0.651. The molecule has 4 heterocycles. The lowest BCUT2D eigenvalue weighted by Crippen LogP contribution is -2.00. The van der Waals surface area contributed by atoms with Gasteiger partial charge in [0.2, 0.25) is 0 Å². The van der Waals surface area contributed by atoms with E-state index in [1.807, 2.05) is 47.7 Å². The molecule has 6 heteroatoms. The number of thiophene rings is 1. The maximum atomic E-state index is 5.17. The van der Waals surface area contributed by atoms with Gasteiger partial charge in [-0.1, -0.05) is 170 Å². The van der Waals surface area contributed by atoms with E-state index in [-0.39, 0.29) is 0 Å². The molecule has 0 saturated carbocycles. The van der Waals surface area contributed by atoms with Gasteiger partial charge < -0.3 is 9.13 Å². The standard InChI is InChI=1S/C57H35N5S/c1-5-17-36(18-6-1)39-31-34-49-47(35-39)41-25-13-14-29-48(41)62(49)50-30-16-26-42-43-32-33-45-44-27-15-28-46(53(44)63-54(45)52(43)61(51(42)50)40-23-11-4-12-24-40)57-59-55(37-19-7-2-8-20-37)58-56(60-57)38-21-9-3-10-22-38/h1-35H. The summed E-state index contributed by atoms with van der Waals surface area (Å²) in [5.41, 5.74) is 12.2. The molecule has 0 aliphatic rings. The second kappa shape index (κ2) is 14.2. The molecule has 13 aromatic rings. The lowest BCUT2D eigenvalue weighted by Gasteiger charge is -2.14. The quantitative estimate of drug-likeness (QED) is 0.168. The predicted octanol–water partition coefficient (Wildman–Crippen LogP) is 15.1. The third-order valence-corrected chi connectivity index (χ3v) is 13.6. The van der Waals surface area contributed by atoms with E-state index in [1.165, 1.54) is 64.7 Å². The van der Waals surface area contributed by atoms with E-state index in [0.29, 0.717) is 17.5 Å². The van der Waals surface area contributed by atoms with Crippen molar-refractivity contribution in [1.29, 1.82) is 0 Å². The largest absolute Gasteiger partial charge is 0.307 e. The first-order valence-corrected chi connectivity index (χ1v) is 22.0. The lowest BCUT2D eigenvalue weighted by atomic mass is 10.0. The van der Waals surface area contributed by atoms with Crippen LogP contribution in [0.5, 0.6) is 0 Å². The van der Waals surface area contributed by atoms with Gasteiger partial charge in [0.05, 0.1) is 32.5 Å². The van der Waals surface area contributed by atoms with Crippen LogP contribution in [-0.2, 0) is 0 Å². The van der Waals surface area contributed by atoms with E-state index >= 15 is 0 Å². The topological polar surface area (TPSA) is 48.5 Å². The van der Waals surface area contributed by atoms with Crippen molar-refractivity contribution in [2.45, 2.75) is 0 Å². The van der Waals surface area contributed by atoms with Crippen molar-refractivity contribution >= 4 is 75.1 Å². The average molecular weight is 822 g/mol. The Bertz CT molecular complexity index is 3830. The highest BCUT2D eigenvalue weighted by atomic mass is 32.1. The number of nitrogens with zero attached hydrogens (tertiary/aromatic N) is 5. The summed E-state index contributed by atoms with van der Waals surface area (Å²) < 4.78 is 7.33. The van der Waals surface area contributed by atoms with Gasteiger partial charge in [-0.2, -0.15) is 0 Å². The molecule has 0 fully saturated rings. The zero-order valence-electron chi connectivity index (χ0n) is 33.9. The molecule has 0 spiro atoms. The van der Waals surface area contributed by atoms with Crippen molar-refractivity contribution in [1.82, 2.24) is 24.1 Å². The normalized spacial score (nSPS) is 11.8. The molecule has 9 aromatic carbocycles. The van der Waals surface area contributed by atoms with Gasteiger partial charge in [0, 0.05) is 59.4 Å². The second-order valence-corrected chi connectivity index (χ2v) is 17.0. The molecule has 0 amide bonds. The Labute approximate surface area is 366 Å². The van der Waals surface area contributed by atoms with Gasteiger partial charge in [-0.05, 0) is 53.6 Å². The van der Waals surface area contributed by atoms with Crippen LogP contribution >= 0.6 is 11.3 Å². The molecule has 294 valence electrons. The van der Waals surface area contributed by atoms with Gasteiger partial charge in [0.15, 0.2) is 17.5 Å². The van der Waals surface area contributed by atoms with Crippen molar-refractivity contribution in [3.8, 4) is 56.7 Å². The van der Waals surface area contributed by atoms with Crippen molar-refractivity contribution in [2.75, 3.05) is 0 Å². The molecule has 0 aliphatic carbocycles. The number of aromatic nitrogens is 5. The summed E-state index contributed by atoms with van der Waals surface area (Å²) >= 11 is 1.82. The van der Waals surface area contributed by atoms with Gasteiger partial charge in [0.1, 0.15) is 0 Å². The minimum Gasteiger partial charge on any atom is -0.307 e. The van der Waals surface area contributed by atoms with Crippen molar-refractivity contribution in [3.05, 3.63) is 212 Å². The number of rotatable bonds is 6. The summed E-state index contributed by atoms with van der Waals surface area (Å²) in [6, 6.07) is 75.5. The Morgan fingerprint density at radius 2 is 0.857 bits per heavy atom. The number of hydrogen-bond acceptors (Lipinski definition) is 4. The number of fused-ring (bicyclic) bond motifs is 10. The first-order chi connectivity index (χ1) is 31.3. The van der Waals surface area contributed by atoms with Gasteiger partial charge in [0.25, 0.3) is 0 Å². The third-order valence-electron chi connectivity index (χ3n) is 12.4. The number of benzene rings is 9. The van der Waals surface area contributed by atoms with Crippen LogP contribution in [-0.4, -0.2) is 24.1 Å². The highest BCUT2D eigenvalue weighted by Gasteiger charge is 2.24. The Morgan fingerprint density at radius 3 is 1.59 bits per heavy atom. The molecule has 0 radical (unpaired) electrons. The predicted molar refractivity (Wildman–Crippen MR) is 263 cm³/mol. The SMILES string of the molecule is c1ccc(-c2ccc3c(c2)c2ccccc2n3-c2cccc3c4ccc5c6cccc(-c7nc(-c8ccccc8)nc(-c8ccccc8)n7)c6sc5c4n(-c4ccccc4)c23)cc1. The zero-order valence-corrected chi connectivity index (χ0v) is 34.7.